The first-order chi connectivity index (χ1) is 6.88. The van der Waals surface area contributed by atoms with E-state index in [2.05, 4.69) is 10.6 Å². The van der Waals surface area contributed by atoms with E-state index in [1.54, 1.807) is 0 Å². The van der Waals surface area contributed by atoms with Crippen LogP contribution in [0.2, 0.25) is 0 Å². The Bertz CT molecular complexity index is 223. The van der Waals surface area contributed by atoms with Crippen LogP contribution >= 0.6 is 0 Å². The van der Waals surface area contributed by atoms with Gasteiger partial charge in [0, 0.05) is 5.54 Å². The maximum absolute atomic E-state index is 11.5. The molecule has 1 fully saturated rings. The Kier molecular flexibility index (Phi) is 3.97. The van der Waals surface area contributed by atoms with Gasteiger partial charge in [0.1, 0.15) is 0 Å². The first kappa shape index (κ1) is 12.3. The van der Waals surface area contributed by atoms with Crippen LogP contribution in [-0.4, -0.2) is 28.8 Å². The summed E-state index contributed by atoms with van der Waals surface area (Å²) >= 11 is 0. The molecule has 1 aliphatic carbocycles. The molecule has 1 saturated carbocycles. The lowest BCUT2D eigenvalue weighted by molar-refractivity contribution is 0.0936. The molecule has 0 aromatic heterocycles. The first-order valence-corrected chi connectivity index (χ1v) is 5.65. The molecule has 15 heavy (non-hydrogen) atoms. The lowest BCUT2D eigenvalue weighted by Crippen LogP contribution is -2.53. The van der Waals surface area contributed by atoms with Crippen molar-refractivity contribution in [3.8, 4) is 0 Å². The van der Waals surface area contributed by atoms with Crippen molar-refractivity contribution in [2.45, 2.75) is 64.1 Å². The minimum atomic E-state index is -0.385. The van der Waals surface area contributed by atoms with Crippen molar-refractivity contribution in [3.63, 3.8) is 0 Å². The van der Waals surface area contributed by atoms with Gasteiger partial charge in [0.15, 0.2) is 0 Å². The molecule has 4 heteroatoms. The number of urea groups is 1. The Morgan fingerprint density at radius 1 is 1.27 bits per heavy atom. The molecule has 2 atom stereocenters. The molecule has 2 unspecified atom stereocenters. The Morgan fingerprint density at radius 3 is 2.40 bits per heavy atom. The Labute approximate surface area is 91.4 Å². The predicted molar refractivity (Wildman–Crippen MR) is 59.7 cm³/mol. The van der Waals surface area contributed by atoms with Crippen molar-refractivity contribution < 1.29 is 9.90 Å². The van der Waals surface area contributed by atoms with E-state index >= 15 is 0 Å². The SMILES string of the molecule is CC(C)(C)NC(=O)NC1CCCCC1O. The van der Waals surface area contributed by atoms with Crippen molar-refractivity contribution >= 4 is 6.03 Å². The maximum Gasteiger partial charge on any atom is 0.315 e. The third kappa shape index (κ3) is 4.51. The number of hydrogen-bond acceptors (Lipinski definition) is 2. The quantitative estimate of drug-likeness (QED) is 0.617. The molecule has 0 spiro atoms. The fourth-order valence-electron chi connectivity index (χ4n) is 1.82. The zero-order valence-electron chi connectivity index (χ0n) is 9.84. The number of amides is 2. The van der Waals surface area contributed by atoms with Crippen molar-refractivity contribution in [1.29, 1.82) is 0 Å². The normalized spacial score (nSPS) is 27.2. The van der Waals surface area contributed by atoms with Crippen LogP contribution in [0.15, 0.2) is 0 Å². The average molecular weight is 214 g/mol. The maximum atomic E-state index is 11.5. The highest BCUT2D eigenvalue weighted by Gasteiger charge is 2.25. The van der Waals surface area contributed by atoms with Crippen LogP contribution in [0.5, 0.6) is 0 Å². The largest absolute Gasteiger partial charge is 0.391 e. The van der Waals surface area contributed by atoms with Crippen LogP contribution in [0.3, 0.4) is 0 Å². The van der Waals surface area contributed by atoms with Gasteiger partial charge in [0.2, 0.25) is 0 Å². The molecule has 0 aromatic carbocycles. The molecule has 4 nitrogen and oxygen atoms in total. The van der Waals surface area contributed by atoms with Crippen LogP contribution in [0.25, 0.3) is 0 Å². The molecule has 0 heterocycles. The van der Waals surface area contributed by atoms with Gasteiger partial charge >= 0.3 is 6.03 Å². The standard InChI is InChI=1S/C11H22N2O2/c1-11(2,3)13-10(15)12-8-6-4-5-7-9(8)14/h8-9,14H,4-7H2,1-3H3,(H2,12,13,15). The van der Waals surface area contributed by atoms with Crippen LogP contribution < -0.4 is 10.6 Å². The minimum absolute atomic E-state index is 0.0823. The predicted octanol–water partition coefficient (Wildman–Crippen LogP) is 1.39. The van der Waals surface area contributed by atoms with Gasteiger partial charge < -0.3 is 15.7 Å². The Morgan fingerprint density at radius 2 is 1.87 bits per heavy atom. The van der Waals surface area contributed by atoms with Gasteiger partial charge in [-0.25, -0.2) is 4.79 Å². The highest BCUT2D eigenvalue weighted by Crippen LogP contribution is 2.18. The van der Waals surface area contributed by atoms with E-state index < -0.39 is 0 Å². The molecule has 0 bridgehead atoms. The van der Waals surface area contributed by atoms with E-state index in [4.69, 9.17) is 0 Å². The molecule has 0 radical (unpaired) electrons. The molecule has 1 aliphatic rings. The third-order valence-corrected chi connectivity index (χ3v) is 2.53. The van der Waals surface area contributed by atoms with Gasteiger partial charge in [-0.1, -0.05) is 12.8 Å². The Hall–Kier alpha value is -0.770. The molecule has 1 rings (SSSR count). The summed E-state index contributed by atoms with van der Waals surface area (Å²) in [5.41, 5.74) is -0.232. The zero-order valence-corrected chi connectivity index (χ0v) is 9.84. The lowest BCUT2D eigenvalue weighted by Gasteiger charge is -2.30. The van der Waals surface area contributed by atoms with Crippen molar-refractivity contribution in [2.24, 2.45) is 0 Å². The summed E-state index contributed by atoms with van der Waals surface area (Å²) in [4.78, 5) is 11.5. The number of carbonyl (C=O) groups is 1. The van der Waals surface area contributed by atoms with E-state index in [9.17, 15) is 9.90 Å². The van der Waals surface area contributed by atoms with Gasteiger partial charge in [0.25, 0.3) is 0 Å². The number of aliphatic hydroxyl groups excluding tert-OH is 1. The van der Waals surface area contributed by atoms with Crippen LogP contribution in [0.4, 0.5) is 4.79 Å². The number of aliphatic hydroxyl groups is 1. The van der Waals surface area contributed by atoms with Gasteiger partial charge in [-0.2, -0.15) is 0 Å². The summed E-state index contributed by atoms with van der Waals surface area (Å²) in [5, 5.41) is 15.3. The number of carbonyl (C=O) groups excluding carboxylic acids is 1. The van der Waals surface area contributed by atoms with Crippen LogP contribution in [0.1, 0.15) is 46.5 Å². The highest BCUT2D eigenvalue weighted by atomic mass is 16.3. The second-order valence-electron chi connectivity index (χ2n) is 5.31. The van der Waals surface area contributed by atoms with E-state index in [-0.39, 0.29) is 23.7 Å². The van der Waals surface area contributed by atoms with E-state index in [1.165, 1.54) is 0 Å². The zero-order chi connectivity index (χ0) is 11.5. The summed E-state index contributed by atoms with van der Waals surface area (Å²) in [6.45, 7) is 5.80. The molecule has 0 aromatic rings. The van der Waals surface area contributed by atoms with Crippen molar-refractivity contribution in [1.82, 2.24) is 10.6 Å². The van der Waals surface area contributed by atoms with Crippen molar-refractivity contribution in [3.05, 3.63) is 0 Å². The van der Waals surface area contributed by atoms with E-state index in [1.807, 2.05) is 20.8 Å². The minimum Gasteiger partial charge on any atom is -0.391 e. The van der Waals surface area contributed by atoms with E-state index in [0.29, 0.717) is 0 Å². The molecule has 88 valence electrons. The first-order valence-electron chi connectivity index (χ1n) is 5.65. The molecular formula is C11H22N2O2. The summed E-state index contributed by atoms with van der Waals surface area (Å²) in [6.07, 6.45) is 3.42. The molecule has 0 aliphatic heterocycles. The third-order valence-electron chi connectivity index (χ3n) is 2.53. The van der Waals surface area contributed by atoms with Crippen molar-refractivity contribution in [2.75, 3.05) is 0 Å². The fourth-order valence-corrected chi connectivity index (χ4v) is 1.82. The smallest absolute Gasteiger partial charge is 0.315 e. The number of hydrogen-bond donors (Lipinski definition) is 3. The van der Waals surface area contributed by atoms with Gasteiger partial charge in [-0.05, 0) is 33.6 Å². The molecule has 2 amide bonds. The number of nitrogens with one attached hydrogen (secondary N) is 2. The second-order valence-corrected chi connectivity index (χ2v) is 5.31. The van der Waals surface area contributed by atoms with E-state index in [0.717, 1.165) is 25.7 Å². The summed E-state index contributed by atoms with van der Waals surface area (Å²) in [6, 6.07) is -0.269. The Balaban J connectivity index is 2.36. The fraction of sp³-hybridized carbons (Fsp3) is 0.909. The van der Waals surface area contributed by atoms with Gasteiger partial charge in [-0.3, -0.25) is 0 Å². The number of rotatable bonds is 1. The topological polar surface area (TPSA) is 61.4 Å². The second kappa shape index (κ2) is 4.84. The summed E-state index contributed by atoms with van der Waals surface area (Å²) < 4.78 is 0. The summed E-state index contributed by atoms with van der Waals surface area (Å²) in [7, 11) is 0. The highest BCUT2D eigenvalue weighted by molar-refractivity contribution is 5.75. The van der Waals surface area contributed by atoms with Gasteiger partial charge in [0.05, 0.1) is 12.1 Å². The summed E-state index contributed by atoms with van der Waals surface area (Å²) in [5.74, 6) is 0. The molecule has 0 saturated heterocycles. The lowest BCUT2D eigenvalue weighted by atomic mass is 9.93. The van der Waals surface area contributed by atoms with Crippen LogP contribution in [0, 0.1) is 0 Å². The molecule has 3 N–H and O–H groups in total. The average Bonchev–Trinajstić information content (AvgIpc) is 2.05. The van der Waals surface area contributed by atoms with Crippen LogP contribution in [-0.2, 0) is 0 Å². The molecular weight excluding hydrogens is 192 g/mol. The van der Waals surface area contributed by atoms with Gasteiger partial charge in [-0.15, -0.1) is 0 Å². The monoisotopic (exact) mass is 214 g/mol.